The molecule has 2 aromatic rings. The van der Waals surface area contributed by atoms with E-state index in [1.54, 1.807) is 10.8 Å². The van der Waals surface area contributed by atoms with Gasteiger partial charge in [-0.05, 0) is 6.92 Å². The summed E-state index contributed by atoms with van der Waals surface area (Å²) in [5.74, 6) is 0. The summed E-state index contributed by atoms with van der Waals surface area (Å²) in [6.07, 6.45) is 1.60. The molecule has 9 heavy (non-hydrogen) atoms. The van der Waals surface area contributed by atoms with Gasteiger partial charge in [-0.1, -0.05) is 11.3 Å². The third kappa shape index (κ3) is 0.613. The molecule has 0 aromatic carbocycles. The van der Waals surface area contributed by atoms with E-state index in [-0.39, 0.29) is 0 Å². The number of rotatable bonds is 0. The van der Waals surface area contributed by atoms with E-state index < -0.39 is 0 Å². The van der Waals surface area contributed by atoms with Gasteiger partial charge in [0.2, 0.25) is 4.96 Å². The van der Waals surface area contributed by atoms with Crippen LogP contribution in [0, 0.1) is 6.92 Å². The predicted octanol–water partition coefficient (Wildman–Crippen LogP) is 0.494. The quantitative estimate of drug-likeness (QED) is 0.535. The summed E-state index contributed by atoms with van der Waals surface area (Å²) in [5, 5.41) is 12.6. The van der Waals surface area contributed by atoms with Gasteiger partial charge in [-0.25, -0.2) is 0 Å². The maximum absolute atomic E-state index is 4.08. The summed E-state index contributed by atoms with van der Waals surface area (Å²) in [7, 11) is 0. The van der Waals surface area contributed by atoms with E-state index >= 15 is 0 Å². The monoisotopic (exact) mass is 140 g/mol. The summed E-state index contributed by atoms with van der Waals surface area (Å²) in [5.41, 5.74) is 0. The highest BCUT2D eigenvalue weighted by Crippen LogP contribution is 2.08. The van der Waals surface area contributed by atoms with Crippen LogP contribution in [0.5, 0.6) is 0 Å². The largest absolute Gasteiger partial charge is 0.234 e. The van der Waals surface area contributed by atoms with Crippen molar-refractivity contribution in [2.75, 3.05) is 0 Å². The van der Waals surface area contributed by atoms with E-state index in [2.05, 4.69) is 15.3 Å². The van der Waals surface area contributed by atoms with Crippen molar-refractivity contribution in [2.45, 2.75) is 6.92 Å². The SMILES string of the molecule is Cc1nn2cnnc2s1. The maximum atomic E-state index is 4.08. The van der Waals surface area contributed by atoms with Gasteiger partial charge in [-0.15, -0.1) is 10.2 Å². The lowest BCUT2D eigenvalue weighted by atomic mass is 10.9. The molecular formula is C4H4N4S. The summed E-state index contributed by atoms with van der Waals surface area (Å²) in [6, 6.07) is 0. The van der Waals surface area contributed by atoms with E-state index in [0.29, 0.717) is 0 Å². The van der Waals surface area contributed by atoms with Crippen LogP contribution in [0.25, 0.3) is 4.96 Å². The van der Waals surface area contributed by atoms with Crippen molar-refractivity contribution in [3.63, 3.8) is 0 Å². The molecule has 46 valence electrons. The lowest BCUT2D eigenvalue weighted by Crippen LogP contribution is -1.78. The Balaban J connectivity index is 2.92. The first kappa shape index (κ1) is 4.87. The third-order valence-corrected chi connectivity index (χ3v) is 1.82. The Bertz CT molecular complexity index is 293. The summed E-state index contributed by atoms with van der Waals surface area (Å²) in [6.45, 7) is 1.94. The lowest BCUT2D eigenvalue weighted by molar-refractivity contribution is 0.931. The van der Waals surface area contributed by atoms with Crippen molar-refractivity contribution in [1.82, 2.24) is 19.8 Å². The van der Waals surface area contributed by atoms with E-state index in [0.717, 1.165) is 9.97 Å². The number of aryl methyl sites for hydroxylation is 1. The molecule has 0 unspecified atom stereocenters. The van der Waals surface area contributed by atoms with Crippen LogP contribution in [0.15, 0.2) is 6.33 Å². The molecule has 0 amide bonds. The zero-order valence-electron chi connectivity index (χ0n) is 4.77. The average Bonchev–Trinajstić information content (AvgIpc) is 2.22. The van der Waals surface area contributed by atoms with E-state index in [1.807, 2.05) is 6.92 Å². The minimum atomic E-state index is 0.854. The van der Waals surface area contributed by atoms with E-state index in [4.69, 9.17) is 0 Å². The lowest BCUT2D eigenvalue weighted by Gasteiger charge is -1.70. The minimum Gasteiger partial charge on any atom is -0.191 e. The molecule has 0 atom stereocenters. The van der Waals surface area contributed by atoms with Gasteiger partial charge in [0.15, 0.2) is 0 Å². The fourth-order valence-electron chi connectivity index (χ4n) is 0.659. The first-order valence-corrected chi connectivity index (χ1v) is 3.31. The molecule has 2 rings (SSSR count). The number of hydrogen-bond acceptors (Lipinski definition) is 4. The Morgan fingerprint density at radius 1 is 1.67 bits per heavy atom. The highest BCUT2D eigenvalue weighted by Gasteiger charge is 1.97. The second-order valence-corrected chi connectivity index (χ2v) is 2.84. The zero-order valence-corrected chi connectivity index (χ0v) is 5.59. The molecule has 0 bridgehead atoms. The molecule has 0 N–H and O–H groups in total. The highest BCUT2D eigenvalue weighted by molar-refractivity contribution is 7.16. The fraction of sp³-hybridized carbons (Fsp3) is 0.250. The number of fused-ring (bicyclic) bond motifs is 1. The second kappa shape index (κ2) is 1.51. The Morgan fingerprint density at radius 2 is 2.56 bits per heavy atom. The van der Waals surface area contributed by atoms with Gasteiger partial charge in [0.1, 0.15) is 11.3 Å². The second-order valence-electron chi connectivity index (χ2n) is 1.68. The van der Waals surface area contributed by atoms with Crippen LogP contribution in [0.1, 0.15) is 5.01 Å². The molecule has 0 aliphatic rings. The topological polar surface area (TPSA) is 43.1 Å². The zero-order chi connectivity index (χ0) is 6.27. The molecule has 0 radical (unpaired) electrons. The minimum absolute atomic E-state index is 0.854. The van der Waals surface area contributed by atoms with Crippen molar-refractivity contribution >= 4 is 16.3 Å². The Morgan fingerprint density at radius 3 is 3.33 bits per heavy atom. The first-order chi connectivity index (χ1) is 4.36. The number of hydrogen-bond donors (Lipinski definition) is 0. The van der Waals surface area contributed by atoms with Crippen LogP contribution < -0.4 is 0 Å². The highest BCUT2D eigenvalue weighted by atomic mass is 32.1. The van der Waals surface area contributed by atoms with Gasteiger partial charge >= 0.3 is 0 Å². The summed E-state index contributed by atoms with van der Waals surface area (Å²) >= 11 is 1.54. The summed E-state index contributed by atoms with van der Waals surface area (Å²) in [4.78, 5) is 0.854. The molecule has 0 saturated heterocycles. The van der Waals surface area contributed by atoms with Crippen molar-refractivity contribution < 1.29 is 0 Å². The molecule has 5 heteroatoms. The van der Waals surface area contributed by atoms with Gasteiger partial charge in [-0.2, -0.15) is 9.61 Å². The van der Waals surface area contributed by atoms with Crippen LogP contribution >= 0.6 is 11.3 Å². The van der Waals surface area contributed by atoms with Crippen molar-refractivity contribution in [3.05, 3.63) is 11.3 Å². The Kier molecular flexibility index (Phi) is 0.814. The number of nitrogens with zero attached hydrogens (tertiary/aromatic N) is 4. The predicted molar refractivity (Wildman–Crippen MR) is 33.4 cm³/mol. The molecule has 0 saturated carbocycles. The van der Waals surface area contributed by atoms with Crippen LogP contribution in [0.2, 0.25) is 0 Å². The number of aromatic nitrogens is 4. The van der Waals surface area contributed by atoms with Gasteiger partial charge in [-0.3, -0.25) is 0 Å². The molecule has 0 spiro atoms. The van der Waals surface area contributed by atoms with E-state index in [9.17, 15) is 0 Å². The molecule has 2 aromatic heterocycles. The third-order valence-electron chi connectivity index (χ3n) is 0.988. The smallest absolute Gasteiger partial charge is 0.191 e. The summed E-state index contributed by atoms with van der Waals surface area (Å²) < 4.78 is 1.67. The molecule has 0 aliphatic heterocycles. The molecule has 0 fully saturated rings. The molecular weight excluding hydrogens is 136 g/mol. The van der Waals surface area contributed by atoms with Gasteiger partial charge in [0.25, 0.3) is 0 Å². The Labute approximate surface area is 55.2 Å². The van der Waals surface area contributed by atoms with Gasteiger partial charge in [0, 0.05) is 0 Å². The Hall–Kier alpha value is -0.970. The standard InChI is InChI=1S/C4H4N4S/c1-3-7-8-2-5-6-4(8)9-3/h2H,1H3. The van der Waals surface area contributed by atoms with E-state index in [1.165, 1.54) is 11.3 Å². The van der Waals surface area contributed by atoms with Gasteiger partial charge in [0.05, 0.1) is 0 Å². The van der Waals surface area contributed by atoms with Crippen LogP contribution in [0.4, 0.5) is 0 Å². The van der Waals surface area contributed by atoms with Crippen molar-refractivity contribution in [2.24, 2.45) is 0 Å². The fourth-order valence-corrected chi connectivity index (χ4v) is 1.32. The molecule has 4 nitrogen and oxygen atoms in total. The van der Waals surface area contributed by atoms with Gasteiger partial charge < -0.3 is 0 Å². The van der Waals surface area contributed by atoms with Crippen molar-refractivity contribution in [3.8, 4) is 0 Å². The van der Waals surface area contributed by atoms with Crippen LogP contribution in [0.3, 0.4) is 0 Å². The molecule has 2 heterocycles. The normalized spacial score (nSPS) is 10.8. The molecule has 0 aliphatic carbocycles. The first-order valence-electron chi connectivity index (χ1n) is 2.50. The van der Waals surface area contributed by atoms with Crippen LogP contribution in [-0.4, -0.2) is 19.8 Å². The maximum Gasteiger partial charge on any atom is 0.234 e. The van der Waals surface area contributed by atoms with Crippen molar-refractivity contribution in [1.29, 1.82) is 0 Å². The van der Waals surface area contributed by atoms with Crippen LogP contribution in [-0.2, 0) is 0 Å². The average molecular weight is 140 g/mol.